The molecule has 0 unspecified atom stereocenters. The highest BCUT2D eigenvalue weighted by Crippen LogP contribution is 2.24. The Bertz CT molecular complexity index is 508. The van der Waals surface area contributed by atoms with E-state index in [0.29, 0.717) is 0 Å². The van der Waals surface area contributed by atoms with Gasteiger partial charge in [0.25, 0.3) is 0 Å². The molecular weight excluding hydrogens is 214 g/mol. The summed E-state index contributed by atoms with van der Waals surface area (Å²) in [5.74, 6) is 0.160. The van der Waals surface area contributed by atoms with Crippen molar-refractivity contribution in [2.24, 2.45) is 7.05 Å². The third kappa shape index (κ3) is 1.85. The maximum atomic E-state index is 12.0. The molecule has 3 nitrogen and oxygen atoms in total. The average molecular weight is 226 g/mol. The summed E-state index contributed by atoms with van der Waals surface area (Å²) in [7, 11) is 1.79. The standard InChI is InChI=1S/C11H12F2N2O/c1-3-9-8-5-4-7(16-11(12)13)6-10(8)15(2)14-9/h4-6,11H,3H2,1-2H3. The van der Waals surface area contributed by atoms with E-state index in [1.165, 1.54) is 6.07 Å². The number of hydrogen-bond acceptors (Lipinski definition) is 2. The molecule has 1 aromatic carbocycles. The summed E-state index contributed by atoms with van der Waals surface area (Å²) in [6, 6.07) is 4.88. The van der Waals surface area contributed by atoms with Gasteiger partial charge in [-0.3, -0.25) is 4.68 Å². The molecule has 0 saturated carbocycles. The Morgan fingerprint density at radius 3 is 2.81 bits per heavy atom. The van der Waals surface area contributed by atoms with Gasteiger partial charge in [0, 0.05) is 18.5 Å². The van der Waals surface area contributed by atoms with E-state index in [1.807, 2.05) is 6.92 Å². The molecule has 0 amide bonds. The van der Waals surface area contributed by atoms with E-state index < -0.39 is 6.61 Å². The van der Waals surface area contributed by atoms with Crippen LogP contribution in [0.25, 0.3) is 10.9 Å². The summed E-state index contributed by atoms with van der Waals surface area (Å²) < 4.78 is 30.1. The molecule has 0 aliphatic carbocycles. The molecule has 0 bridgehead atoms. The van der Waals surface area contributed by atoms with E-state index in [4.69, 9.17) is 0 Å². The lowest BCUT2D eigenvalue weighted by Crippen LogP contribution is -2.01. The largest absolute Gasteiger partial charge is 0.435 e. The predicted molar refractivity (Wildman–Crippen MR) is 56.7 cm³/mol. The van der Waals surface area contributed by atoms with Crippen molar-refractivity contribution in [2.45, 2.75) is 20.0 Å². The molecular formula is C11H12F2N2O. The highest BCUT2D eigenvalue weighted by Gasteiger charge is 2.10. The zero-order valence-corrected chi connectivity index (χ0v) is 9.08. The Morgan fingerprint density at radius 2 is 2.19 bits per heavy atom. The normalized spacial score (nSPS) is 11.3. The van der Waals surface area contributed by atoms with E-state index in [9.17, 15) is 8.78 Å². The van der Waals surface area contributed by atoms with E-state index in [2.05, 4.69) is 9.84 Å². The summed E-state index contributed by atoms with van der Waals surface area (Å²) in [5.41, 5.74) is 1.76. The number of nitrogens with zero attached hydrogens (tertiary/aromatic N) is 2. The smallest absolute Gasteiger partial charge is 0.387 e. The van der Waals surface area contributed by atoms with Crippen LogP contribution in [-0.4, -0.2) is 16.4 Å². The second-order valence-electron chi connectivity index (χ2n) is 3.48. The Hall–Kier alpha value is -1.65. The van der Waals surface area contributed by atoms with Gasteiger partial charge in [-0.05, 0) is 18.6 Å². The minimum Gasteiger partial charge on any atom is -0.435 e. The summed E-state index contributed by atoms with van der Waals surface area (Å²) in [6.45, 7) is -0.790. The number of halogens is 2. The van der Waals surface area contributed by atoms with Gasteiger partial charge in [0.1, 0.15) is 5.75 Å². The van der Waals surface area contributed by atoms with E-state index in [1.54, 1.807) is 23.9 Å². The van der Waals surface area contributed by atoms with Crippen LogP contribution in [0, 0.1) is 0 Å². The van der Waals surface area contributed by atoms with Crippen molar-refractivity contribution in [3.63, 3.8) is 0 Å². The van der Waals surface area contributed by atoms with Gasteiger partial charge in [0.15, 0.2) is 0 Å². The van der Waals surface area contributed by atoms with Crippen LogP contribution in [0.3, 0.4) is 0 Å². The van der Waals surface area contributed by atoms with Crippen LogP contribution >= 0.6 is 0 Å². The summed E-state index contributed by atoms with van der Waals surface area (Å²) >= 11 is 0. The van der Waals surface area contributed by atoms with Gasteiger partial charge in [0.05, 0.1) is 11.2 Å². The van der Waals surface area contributed by atoms with Gasteiger partial charge < -0.3 is 4.74 Å². The average Bonchev–Trinajstić information content (AvgIpc) is 2.55. The number of alkyl halides is 2. The number of aromatic nitrogens is 2. The minimum atomic E-state index is -2.80. The lowest BCUT2D eigenvalue weighted by molar-refractivity contribution is -0.0497. The van der Waals surface area contributed by atoms with Crippen molar-refractivity contribution in [1.29, 1.82) is 0 Å². The van der Waals surface area contributed by atoms with Crippen molar-refractivity contribution < 1.29 is 13.5 Å². The van der Waals surface area contributed by atoms with Gasteiger partial charge in [-0.1, -0.05) is 6.92 Å². The van der Waals surface area contributed by atoms with Crippen LogP contribution in [0.4, 0.5) is 8.78 Å². The number of fused-ring (bicyclic) bond motifs is 1. The number of ether oxygens (including phenoxy) is 1. The van der Waals surface area contributed by atoms with Crippen LogP contribution in [0.5, 0.6) is 5.75 Å². The highest BCUT2D eigenvalue weighted by molar-refractivity contribution is 5.83. The molecule has 0 saturated heterocycles. The van der Waals surface area contributed by atoms with Crippen LogP contribution in [0.1, 0.15) is 12.6 Å². The minimum absolute atomic E-state index is 0.160. The van der Waals surface area contributed by atoms with Crippen LogP contribution < -0.4 is 4.74 Å². The van der Waals surface area contributed by atoms with E-state index in [-0.39, 0.29) is 5.75 Å². The summed E-state index contributed by atoms with van der Waals surface area (Å²) in [4.78, 5) is 0. The molecule has 0 spiro atoms. The molecule has 0 aliphatic rings. The zero-order chi connectivity index (χ0) is 11.7. The Morgan fingerprint density at radius 1 is 1.44 bits per heavy atom. The lowest BCUT2D eigenvalue weighted by Gasteiger charge is -2.04. The molecule has 1 heterocycles. The SMILES string of the molecule is CCc1nn(C)c2cc(OC(F)F)ccc12. The van der Waals surface area contributed by atoms with Gasteiger partial charge in [0.2, 0.25) is 0 Å². The fourth-order valence-corrected chi connectivity index (χ4v) is 1.75. The summed E-state index contributed by atoms with van der Waals surface area (Å²) in [5, 5.41) is 5.28. The quantitative estimate of drug-likeness (QED) is 0.804. The highest BCUT2D eigenvalue weighted by atomic mass is 19.3. The molecule has 0 aliphatic heterocycles. The maximum Gasteiger partial charge on any atom is 0.387 e. The van der Waals surface area contributed by atoms with Crippen molar-refractivity contribution >= 4 is 10.9 Å². The number of aryl methyl sites for hydroxylation is 2. The lowest BCUT2D eigenvalue weighted by atomic mass is 10.2. The second-order valence-corrected chi connectivity index (χ2v) is 3.48. The molecule has 2 aromatic rings. The van der Waals surface area contributed by atoms with Crippen LogP contribution in [0.15, 0.2) is 18.2 Å². The van der Waals surface area contributed by atoms with Crippen molar-refractivity contribution in [1.82, 2.24) is 9.78 Å². The monoisotopic (exact) mass is 226 g/mol. The molecule has 0 atom stereocenters. The Labute approximate surface area is 91.6 Å². The molecule has 1 aromatic heterocycles. The fraction of sp³-hybridized carbons (Fsp3) is 0.364. The van der Waals surface area contributed by atoms with Gasteiger partial charge >= 0.3 is 6.61 Å². The fourth-order valence-electron chi connectivity index (χ4n) is 1.75. The zero-order valence-electron chi connectivity index (χ0n) is 9.08. The van der Waals surface area contributed by atoms with Crippen molar-refractivity contribution in [3.8, 4) is 5.75 Å². The topological polar surface area (TPSA) is 27.1 Å². The first-order valence-corrected chi connectivity index (χ1v) is 5.02. The molecule has 86 valence electrons. The molecule has 5 heteroatoms. The van der Waals surface area contributed by atoms with Crippen LogP contribution in [0.2, 0.25) is 0 Å². The first-order chi connectivity index (χ1) is 7.61. The van der Waals surface area contributed by atoms with Crippen LogP contribution in [-0.2, 0) is 13.5 Å². The molecule has 0 fully saturated rings. The molecule has 2 rings (SSSR count). The maximum absolute atomic E-state index is 12.0. The third-order valence-corrected chi connectivity index (χ3v) is 2.46. The van der Waals surface area contributed by atoms with Crippen molar-refractivity contribution in [3.05, 3.63) is 23.9 Å². The molecule has 0 radical (unpaired) electrons. The third-order valence-electron chi connectivity index (χ3n) is 2.46. The second kappa shape index (κ2) is 4.08. The number of benzene rings is 1. The van der Waals surface area contributed by atoms with Gasteiger partial charge in [-0.15, -0.1) is 0 Å². The molecule has 16 heavy (non-hydrogen) atoms. The predicted octanol–water partition coefficient (Wildman–Crippen LogP) is 2.74. The first kappa shape index (κ1) is 10.9. The van der Waals surface area contributed by atoms with E-state index in [0.717, 1.165) is 23.0 Å². The van der Waals surface area contributed by atoms with E-state index >= 15 is 0 Å². The summed E-state index contributed by atoms with van der Waals surface area (Å²) in [6.07, 6.45) is 0.812. The van der Waals surface area contributed by atoms with Crippen molar-refractivity contribution in [2.75, 3.05) is 0 Å². The molecule has 0 N–H and O–H groups in total. The Kier molecular flexibility index (Phi) is 2.77. The number of hydrogen-bond donors (Lipinski definition) is 0. The Balaban J connectivity index is 2.49. The first-order valence-electron chi connectivity index (χ1n) is 5.02. The van der Waals surface area contributed by atoms with Gasteiger partial charge in [-0.25, -0.2) is 0 Å². The van der Waals surface area contributed by atoms with Gasteiger partial charge in [-0.2, -0.15) is 13.9 Å². The number of rotatable bonds is 3.